The maximum absolute atomic E-state index is 12.2. The molecule has 0 aromatic rings. The first-order valence-corrected chi connectivity index (χ1v) is 2.84. The summed E-state index contributed by atoms with van der Waals surface area (Å²) in [6.07, 6.45) is -3.10. The minimum atomic E-state index is -4.49. The number of hydrogen-bond donors (Lipinski definition) is 0. The molecule has 1 unspecified atom stereocenters. The van der Waals surface area contributed by atoms with E-state index in [1.54, 1.807) is 0 Å². The van der Waals surface area contributed by atoms with E-state index in [2.05, 4.69) is 0 Å². The molecular formula is C6H2F5O-. The molecule has 0 bridgehead atoms. The Labute approximate surface area is 63.8 Å². The molecule has 68 valence electrons. The number of halogens is 5. The average molecular weight is 185 g/mol. The standard InChI is InChI=1S/C6H2F5O/c7-2-1-3(12)6(10,11)5(9)4(2)8/h1,3H/q-1. The quantitative estimate of drug-likeness (QED) is 0.522. The Morgan fingerprint density at radius 2 is 1.75 bits per heavy atom. The van der Waals surface area contributed by atoms with Crippen LogP contribution < -0.4 is 5.11 Å². The number of allylic oxidation sites excluding steroid dienone is 2. The van der Waals surface area contributed by atoms with Gasteiger partial charge in [-0.15, -0.1) is 0 Å². The van der Waals surface area contributed by atoms with Crippen molar-refractivity contribution in [2.45, 2.75) is 12.0 Å². The third-order valence-electron chi connectivity index (χ3n) is 1.35. The Morgan fingerprint density at radius 1 is 1.25 bits per heavy atom. The van der Waals surface area contributed by atoms with Gasteiger partial charge in [-0.1, -0.05) is 6.08 Å². The fraction of sp³-hybridized carbons (Fsp3) is 0.333. The zero-order valence-electron chi connectivity index (χ0n) is 5.45. The highest BCUT2D eigenvalue weighted by molar-refractivity contribution is 5.33. The van der Waals surface area contributed by atoms with E-state index in [4.69, 9.17) is 0 Å². The second-order valence-corrected chi connectivity index (χ2v) is 2.19. The molecule has 0 spiro atoms. The van der Waals surface area contributed by atoms with Crippen LogP contribution in [0.4, 0.5) is 22.0 Å². The topological polar surface area (TPSA) is 23.1 Å². The van der Waals surface area contributed by atoms with Gasteiger partial charge in [0, 0.05) is 0 Å². The largest absolute Gasteiger partial charge is 0.844 e. The molecule has 1 rings (SSSR count). The third-order valence-corrected chi connectivity index (χ3v) is 1.35. The maximum Gasteiger partial charge on any atom is 0.293 e. The van der Waals surface area contributed by atoms with Gasteiger partial charge in [-0.3, -0.25) is 0 Å². The highest BCUT2D eigenvalue weighted by Gasteiger charge is 2.43. The Morgan fingerprint density at radius 3 is 2.25 bits per heavy atom. The summed E-state index contributed by atoms with van der Waals surface area (Å²) in [5.41, 5.74) is 0. The Balaban J connectivity index is 3.18. The SMILES string of the molecule is [O-]C1C=C(F)C(F)=C(F)C1(F)F. The van der Waals surface area contributed by atoms with Crippen LogP contribution in [0, 0.1) is 0 Å². The molecule has 0 saturated carbocycles. The van der Waals surface area contributed by atoms with Gasteiger partial charge in [-0.2, -0.15) is 8.78 Å². The molecule has 0 aromatic heterocycles. The Bertz CT molecular complexity index is 267. The number of hydrogen-bond acceptors (Lipinski definition) is 1. The van der Waals surface area contributed by atoms with E-state index in [9.17, 15) is 27.1 Å². The zero-order chi connectivity index (χ0) is 9.52. The minimum absolute atomic E-state index is 0.196. The molecule has 1 nitrogen and oxygen atoms in total. The van der Waals surface area contributed by atoms with Gasteiger partial charge in [-0.25, -0.2) is 13.2 Å². The van der Waals surface area contributed by atoms with Crippen molar-refractivity contribution in [3.05, 3.63) is 23.6 Å². The predicted octanol–water partition coefficient (Wildman–Crippen LogP) is 1.37. The van der Waals surface area contributed by atoms with E-state index in [1.165, 1.54) is 0 Å². The van der Waals surface area contributed by atoms with Crippen LogP contribution in [-0.2, 0) is 0 Å². The normalized spacial score (nSPS) is 28.8. The molecule has 6 heteroatoms. The Hall–Kier alpha value is -0.910. The van der Waals surface area contributed by atoms with E-state index < -0.39 is 29.5 Å². The second kappa shape index (κ2) is 2.55. The molecule has 1 atom stereocenters. The van der Waals surface area contributed by atoms with Crippen LogP contribution in [0.5, 0.6) is 0 Å². The summed E-state index contributed by atoms with van der Waals surface area (Å²) < 4.78 is 60.7. The van der Waals surface area contributed by atoms with E-state index in [1.807, 2.05) is 0 Å². The van der Waals surface area contributed by atoms with Crippen LogP contribution in [-0.4, -0.2) is 12.0 Å². The maximum atomic E-state index is 12.2. The van der Waals surface area contributed by atoms with Crippen LogP contribution in [0.15, 0.2) is 23.6 Å². The molecule has 0 saturated heterocycles. The monoisotopic (exact) mass is 185 g/mol. The van der Waals surface area contributed by atoms with Crippen LogP contribution >= 0.6 is 0 Å². The van der Waals surface area contributed by atoms with Crippen LogP contribution in [0.3, 0.4) is 0 Å². The van der Waals surface area contributed by atoms with E-state index >= 15 is 0 Å². The van der Waals surface area contributed by atoms with E-state index in [0.29, 0.717) is 0 Å². The molecule has 0 heterocycles. The lowest BCUT2D eigenvalue weighted by molar-refractivity contribution is -0.441. The molecule has 0 fully saturated rings. The summed E-state index contributed by atoms with van der Waals surface area (Å²) in [6.45, 7) is 0. The first-order valence-electron chi connectivity index (χ1n) is 2.84. The van der Waals surface area contributed by atoms with Gasteiger partial charge in [0.15, 0.2) is 11.7 Å². The van der Waals surface area contributed by atoms with Crippen molar-refractivity contribution < 1.29 is 27.1 Å². The summed E-state index contributed by atoms with van der Waals surface area (Å²) in [6, 6.07) is 0. The van der Waals surface area contributed by atoms with Crippen LogP contribution in [0.2, 0.25) is 0 Å². The average Bonchev–Trinajstić information content (AvgIpc) is 1.99. The number of alkyl halides is 2. The fourth-order valence-electron chi connectivity index (χ4n) is 0.687. The molecule has 0 N–H and O–H groups in total. The van der Waals surface area contributed by atoms with Crippen molar-refractivity contribution in [3.8, 4) is 0 Å². The van der Waals surface area contributed by atoms with Gasteiger partial charge in [0.2, 0.25) is 5.83 Å². The third kappa shape index (κ3) is 1.12. The van der Waals surface area contributed by atoms with Gasteiger partial charge in [-0.05, 0) is 6.10 Å². The second-order valence-electron chi connectivity index (χ2n) is 2.19. The summed E-state index contributed by atoms with van der Waals surface area (Å²) in [5, 5.41) is 10.3. The highest BCUT2D eigenvalue weighted by atomic mass is 19.3. The molecule has 1 aliphatic carbocycles. The Kier molecular flexibility index (Phi) is 1.95. The van der Waals surface area contributed by atoms with Crippen molar-refractivity contribution in [3.63, 3.8) is 0 Å². The summed E-state index contributed by atoms with van der Waals surface area (Å²) in [4.78, 5) is 0. The molecule has 12 heavy (non-hydrogen) atoms. The summed E-state index contributed by atoms with van der Waals surface area (Å²) >= 11 is 0. The zero-order valence-corrected chi connectivity index (χ0v) is 5.45. The van der Waals surface area contributed by atoms with Crippen molar-refractivity contribution in [1.29, 1.82) is 0 Å². The fourth-order valence-corrected chi connectivity index (χ4v) is 0.687. The summed E-state index contributed by atoms with van der Waals surface area (Å²) in [5.74, 6) is -11.3. The first-order chi connectivity index (χ1) is 5.37. The molecule has 0 amide bonds. The minimum Gasteiger partial charge on any atom is -0.844 e. The van der Waals surface area contributed by atoms with E-state index in [-0.39, 0.29) is 6.08 Å². The van der Waals surface area contributed by atoms with Crippen LogP contribution in [0.25, 0.3) is 0 Å². The molecule has 0 radical (unpaired) electrons. The van der Waals surface area contributed by atoms with Crippen molar-refractivity contribution in [2.75, 3.05) is 0 Å². The van der Waals surface area contributed by atoms with Gasteiger partial charge in [0.1, 0.15) is 0 Å². The summed E-state index contributed by atoms with van der Waals surface area (Å²) in [7, 11) is 0. The van der Waals surface area contributed by atoms with Gasteiger partial charge >= 0.3 is 0 Å². The lowest BCUT2D eigenvalue weighted by Crippen LogP contribution is -2.45. The highest BCUT2D eigenvalue weighted by Crippen LogP contribution is 2.38. The number of rotatable bonds is 0. The van der Waals surface area contributed by atoms with Crippen molar-refractivity contribution in [2.24, 2.45) is 0 Å². The molecule has 0 aromatic carbocycles. The first kappa shape index (κ1) is 9.18. The van der Waals surface area contributed by atoms with Gasteiger partial charge in [0.25, 0.3) is 5.92 Å². The molecule has 1 aliphatic rings. The van der Waals surface area contributed by atoms with E-state index in [0.717, 1.165) is 0 Å². The predicted molar refractivity (Wildman–Crippen MR) is 27.2 cm³/mol. The van der Waals surface area contributed by atoms with Crippen molar-refractivity contribution >= 4 is 0 Å². The van der Waals surface area contributed by atoms with Gasteiger partial charge < -0.3 is 5.11 Å². The lowest BCUT2D eigenvalue weighted by atomic mass is 10.1. The van der Waals surface area contributed by atoms with Gasteiger partial charge in [0.05, 0.1) is 0 Å². The van der Waals surface area contributed by atoms with Crippen LogP contribution in [0.1, 0.15) is 0 Å². The molecular weight excluding hydrogens is 183 g/mol. The van der Waals surface area contributed by atoms with Crippen molar-refractivity contribution in [1.82, 2.24) is 0 Å². The molecule has 0 aliphatic heterocycles. The smallest absolute Gasteiger partial charge is 0.293 e. The lowest BCUT2D eigenvalue weighted by Gasteiger charge is -2.30.